The predicted molar refractivity (Wildman–Crippen MR) is 93.7 cm³/mol. The Morgan fingerprint density at radius 1 is 1.11 bits per heavy atom. The normalized spacial score (nSPS) is 10.8. The number of halogens is 2. The van der Waals surface area contributed by atoms with Gasteiger partial charge in [-0.2, -0.15) is 0 Å². The molecule has 0 saturated heterocycles. The number of benzene rings is 1. The van der Waals surface area contributed by atoms with Gasteiger partial charge in [0.05, 0.1) is 12.1 Å². The number of methoxy groups -OCH3 is 1. The number of carbonyl (C=O) groups excluding carboxylic acids is 2. The second kappa shape index (κ2) is 7.92. The van der Waals surface area contributed by atoms with Crippen LogP contribution in [0, 0.1) is 11.6 Å². The van der Waals surface area contributed by atoms with E-state index in [1.165, 1.54) is 17.6 Å². The minimum atomic E-state index is -0.913. The molecule has 0 radical (unpaired) electrons. The number of carbonyl (C=O) groups is 2. The third-order valence-corrected chi connectivity index (χ3v) is 3.76. The van der Waals surface area contributed by atoms with Crippen LogP contribution in [0.1, 0.15) is 21.1 Å². The van der Waals surface area contributed by atoms with Gasteiger partial charge in [-0.3, -0.25) is 14.0 Å². The summed E-state index contributed by atoms with van der Waals surface area (Å²) in [5, 5.41) is 4.79. The van der Waals surface area contributed by atoms with E-state index in [1.54, 1.807) is 24.4 Å². The monoisotopic (exact) mass is 374 g/mol. The standard InChI is InChI=1S/C18H16F2N4O3/c1-27-10-8-21-18(26)16-22-15(13-7-2-3-9-24(13)16)17(25)23-14-11(19)5-4-6-12(14)20/h2-7,9H,8,10H2,1H3,(H,21,26)(H,23,25). The number of pyridine rings is 1. The number of para-hydroxylation sites is 1. The Morgan fingerprint density at radius 3 is 2.56 bits per heavy atom. The second-order valence-corrected chi connectivity index (χ2v) is 5.54. The Morgan fingerprint density at radius 2 is 1.85 bits per heavy atom. The van der Waals surface area contributed by atoms with Crippen molar-refractivity contribution in [1.82, 2.24) is 14.7 Å². The molecule has 0 fully saturated rings. The van der Waals surface area contributed by atoms with Gasteiger partial charge in [-0.05, 0) is 24.3 Å². The van der Waals surface area contributed by atoms with E-state index in [-0.39, 0.29) is 18.1 Å². The van der Waals surface area contributed by atoms with E-state index in [0.717, 1.165) is 12.1 Å². The van der Waals surface area contributed by atoms with Crippen LogP contribution in [0.25, 0.3) is 5.52 Å². The van der Waals surface area contributed by atoms with E-state index in [9.17, 15) is 18.4 Å². The molecule has 0 atom stereocenters. The van der Waals surface area contributed by atoms with Crippen molar-refractivity contribution < 1.29 is 23.1 Å². The SMILES string of the molecule is COCCNC(=O)c1nc(C(=O)Nc2c(F)cccc2F)c2ccccn12. The van der Waals surface area contributed by atoms with Crippen molar-refractivity contribution in [3.05, 3.63) is 65.7 Å². The van der Waals surface area contributed by atoms with E-state index < -0.39 is 29.1 Å². The molecule has 0 aliphatic heterocycles. The van der Waals surface area contributed by atoms with Crippen molar-refractivity contribution in [2.24, 2.45) is 0 Å². The summed E-state index contributed by atoms with van der Waals surface area (Å²) in [6.07, 6.45) is 1.56. The van der Waals surface area contributed by atoms with Crippen LogP contribution in [0.5, 0.6) is 0 Å². The van der Waals surface area contributed by atoms with Gasteiger partial charge in [0.25, 0.3) is 11.8 Å². The molecule has 7 nitrogen and oxygen atoms in total. The molecule has 0 aliphatic rings. The van der Waals surface area contributed by atoms with Gasteiger partial charge >= 0.3 is 0 Å². The molecular formula is C18H16F2N4O3. The highest BCUT2D eigenvalue weighted by atomic mass is 19.1. The Hall–Kier alpha value is -3.33. The van der Waals surface area contributed by atoms with Crippen molar-refractivity contribution in [1.29, 1.82) is 0 Å². The van der Waals surface area contributed by atoms with Gasteiger partial charge in [0, 0.05) is 19.9 Å². The summed E-state index contributed by atoms with van der Waals surface area (Å²) in [6, 6.07) is 8.14. The van der Waals surface area contributed by atoms with Crippen LogP contribution in [-0.2, 0) is 4.74 Å². The van der Waals surface area contributed by atoms with E-state index in [0.29, 0.717) is 12.1 Å². The lowest BCUT2D eigenvalue weighted by atomic mass is 10.2. The minimum Gasteiger partial charge on any atom is -0.383 e. The smallest absolute Gasteiger partial charge is 0.287 e. The lowest BCUT2D eigenvalue weighted by Crippen LogP contribution is -2.28. The molecule has 2 heterocycles. The van der Waals surface area contributed by atoms with Crippen LogP contribution in [-0.4, -0.2) is 41.5 Å². The summed E-state index contributed by atoms with van der Waals surface area (Å²) in [5.74, 6) is -3.20. The van der Waals surface area contributed by atoms with Gasteiger partial charge in [0.15, 0.2) is 5.69 Å². The molecular weight excluding hydrogens is 358 g/mol. The van der Waals surface area contributed by atoms with Gasteiger partial charge < -0.3 is 15.4 Å². The fourth-order valence-corrected chi connectivity index (χ4v) is 2.50. The second-order valence-electron chi connectivity index (χ2n) is 5.54. The van der Waals surface area contributed by atoms with Gasteiger partial charge in [0.1, 0.15) is 17.3 Å². The van der Waals surface area contributed by atoms with Crippen LogP contribution in [0.15, 0.2) is 42.6 Å². The summed E-state index contributed by atoms with van der Waals surface area (Å²) >= 11 is 0. The number of fused-ring (bicyclic) bond motifs is 1. The molecule has 140 valence electrons. The number of amides is 2. The maximum atomic E-state index is 13.8. The zero-order valence-electron chi connectivity index (χ0n) is 14.3. The summed E-state index contributed by atoms with van der Waals surface area (Å²) in [5.41, 5.74) is -0.385. The molecule has 3 aromatic rings. The third-order valence-electron chi connectivity index (χ3n) is 3.76. The molecule has 3 rings (SSSR count). The topological polar surface area (TPSA) is 84.7 Å². The minimum absolute atomic E-state index is 0.0270. The Kier molecular flexibility index (Phi) is 5.41. The highest BCUT2D eigenvalue weighted by molar-refractivity contribution is 6.09. The van der Waals surface area contributed by atoms with Crippen molar-refractivity contribution in [3.8, 4) is 0 Å². The molecule has 0 spiro atoms. The first-order valence-corrected chi connectivity index (χ1v) is 8.02. The lowest BCUT2D eigenvalue weighted by molar-refractivity contribution is 0.0926. The van der Waals surface area contributed by atoms with Crippen molar-refractivity contribution in [3.63, 3.8) is 0 Å². The number of nitrogens with one attached hydrogen (secondary N) is 2. The molecule has 2 N–H and O–H groups in total. The molecule has 2 amide bonds. The molecule has 0 bridgehead atoms. The van der Waals surface area contributed by atoms with E-state index in [4.69, 9.17) is 4.74 Å². The predicted octanol–water partition coefficient (Wildman–Crippen LogP) is 2.24. The summed E-state index contributed by atoms with van der Waals surface area (Å²) in [4.78, 5) is 29.0. The fraction of sp³-hybridized carbons (Fsp3) is 0.167. The van der Waals surface area contributed by atoms with E-state index in [1.807, 2.05) is 0 Å². The Labute approximate surface area is 153 Å². The number of aromatic nitrogens is 2. The first-order valence-electron chi connectivity index (χ1n) is 8.02. The van der Waals surface area contributed by atoms with E-state index >= 15 is 0 Å². The van der Waals surface area contributed by atoms with Crippen molar-refractivity contribution in [2.75, 3.05) is 25.6 Å². The highest BCUT2D eigenvalue weighted by Crippen LogP contribution is 2.20. The number of rotatable bonds is 6. The Balaban J connectivity index is 1.95. The van der Waals surface area contributed by atoms with Gasteiger partial charge in [-0.1, -0.05) is 12.1 Å². The number of anilines is 1. The molecule has 2 aromatic heterocycles. The lowest BCUT2D eigenvalue weighted by Gasteiger charge is -2.06. The van der Waals surface area contributed by atoms with Crippen molar-refractivity contribution >= 4 is 23.0 Å². The van der Waals surface area contributed by atoms with E-state index in [2.05, 4.69) is 15.6 Å². The molecule has 27 heavy (non-hydrogen) atoms. The average Bonchev–Trinajstić information content (AvgIpc) is 3.05. The van der Waals surface area contributed by atoms with Crippen LogP contribution in [0.2, 0.25) is 0 Å². The number of hydrogen-bond donors (Lipinski definition) is 2. The largest absolute Gasteiger partial charge is 0.383 e. The van der Waals surface area contributed by atoms with Crippen molar-refractivity contribution in [2.45, 2.75) is 0 Å². The first kappa shape index (κ1) is 18.5. The molecule has 0 unspecified atom stereocenters. The van der Waals surface area contributed by atoms with Gasteiger partial charge in [0.2, 0.25) is 5.82 Å². The third kappa shape index (κ3) is 3.77. The zero-order chi connectivity index (χ0) is 19.4. The molecule has 1 aromatic carbocycles. The maximum absolute atomic E-state index is 13.8. The average molecular weight is 374 g/mol. The molecule has 0 aliphatic carbocycles. The number of nitrogens with zero attached hydrogens (tertiary/aromatic N) is 2. The summed E-state index contributed by atoms with van der Waals surface area (Å²) in [7, 11) is 1.50. The maximum Gasteiger partial charge on any atom is 0.287 e. The highest BCUT2D eigenvalue weighted by Gasteiger charge is 2.22. The van der Waals surface area contributed by atoms with Crippen LogP contribution < -0.4 is 10.6 Å². The van der Waals surface area contributed by atoms with Gasteiger partial charge in [-0.15, -0.1) is 0 Å². The fourth-order valence-electron chi connectivity index (χ4n) is 2.50. The number of ether oxygens (including phenoxy) is 1. The number of hydrogen-bond acceptors (Lipinski definition) is 4. The van der Waals surface area contributed by atoms with Crippen LogP contribution in [0.3, 0.4) is 0 Å². The van der Waals surface area contributed by atoms with Gasteiger partial charge in [-0.25, -0.2) is 13.8 Å². The number of imidazole rings is 1. The van der Waals surface area contributed by atoms with Crippen LogP contribution >= 0.6 is 0 Å². The zero-order valence-corrected chi connectivity index (χ0v) is 14.3. The van der Waals surface area contributed by atoms with Crippen LogP contribution in [0.4, 0.5) is 14.5 Å². The quantitative estimate of drug-likeness (QED) is 0.648. The summed E-state index contributed by atoms with van der Waals surface area (Å²) in [6.45, 7) is 0.577. The molecule has 9 heteroatoms. The molecule has 0 saturated carbocycles. The first-order chi connectivity index (χ1) is 13.0. The summed E-state index contributed by atoms with van der Waals surface area (Å²) < 4.78 is 33.9. The Bertz CT molecular complexity index is 983.